The van der Waals surface area contributed by atoms with Gasteiger partial charge >= 0.3 is 7.68 Å². The van der Waals surface area contributed by atoms with E-state index in [4.69, 9.17) is 0 Å². The van der Waals surface area contributed by atoms with Crippen LogP contribution in [0.15, 0.2) is 12.2 Å². The molecule has 0 amide bonds. The van der Waals surface area contributed by atoms with Crippen LogP contribution in [0.3, 0.4) is 0 Å². The summed E-state index contributed by atoms with van der Waals surface area (Å²) in [6.45, 7) is 4.37. The zero-order valence-electron chi connectivity index (χ0n) is 21.8. The molecule has 0 aliphatic carbocycles. The van der Waals surface area contributed by atoms with Gasteiger partial charge in [-0.1, -0.05) is 96.6 Å². The molecule has 0 bridgehead atoms. The van der Waals surface area contributed by atoms with Gasteiger partial charge < -0.3 is 4.48 Å². The summed E-state index contributed by atoms with van der Waals surface area (Å²) in [4.78, 5) is 0. The summed E-state index contributed by atoms with van der Waals surface area (Å²) in [5, 5.41) is -0.595. The average Bonchev–Trinajstić information content (AvgIpc) is 2.71. The van der Waals surface area contributed by atoms with E-state index in [-0.39, 0.29) is 0 Å². The molecule has 0 saturated carbocycles. The summed E-state index contributed by atoms with van der Waals surface area (Å²) >= 11 is 0. The van der Waals surface area contributed by atoms with E-state index in [1.54, 1.807) is 0 Å². The Morgan fingerprint density at radius 3 is 1.39 bits per heavy atom. The molecular weight excluding hydrogens is 401 g/mol. The van der Waals surface area contributed by atoms with E-state index in [2.05, 4.69) is 26.0 Å². The Morgan fingerprint density at radius 2 is 1.00 bits per heavy atom. The maximum absolute atomic E-state index is 12.1. The first-order valence-corrected chi connectivity index (χ1v) is 14.6. The second kappa shape index (κ2) is 19.1. The molecule has 0 radical (unpaired) electrons. The molecule has 0 heterocycles. The minimum absolute atomic E-state index is 0.517. The first kappa shape index (κ1) is 30.6. The van der Waals surface area contributed by atoms with Crippen molar-refractivity contribution < 1.29 is 13.6 Å². The third-order valence-electron chi connectivity index (χ3n) is 6.83. The molecule has 0 aromatic carbocycles. The molecule has 31 heavy (non-hydrogen) atoms. The fourth-order valence-electron chi connectivity index (χ4n) is 4.63. The van der Waals surface area contributed by atoms with Crippen LogP contribution >= 0.6 is 7.68 Å². The third-order valence-corrected chi connectivity index (χ3v) is 8.55. The highest BCUT2D eigenvalue weighted by Crippen LogP contribution is 2.44. The van der Waals surface area contributed by atoms with Crippen LogP contribution in [0.25, 0.3) is 0 Å². The van der Waals surface area contributed by atoms with Gasteiger partial charge in [0.25, 0.3) is 0 Å². The number of hydrogen-bond donors (Lipinski definition) is 0. The van der Waals surface area contributed by atoms with Crippen molar-refractivity contribution in [2.45, 2.75) is 141 Å². The number of nitrogens with zero attached hydrogens (tertiary/aromatic N) is 1. The van der Waals surface area contributed by atoms with Crippen LogP contribution in [0.2, 0.25) is 0 Å². The first-order chi connectivity index (χ1) is 14.8. The van der Waals surface area contributed by atoms with Crippen molar-refractivity contribution in [3.8, 4) is 0 Å². The highest BCUT2D eigenvalue weighted by molar-refractivity contribution is 7.32. The van der Waals surface area contributed by atoms with Gasteiger partial charge in [0.15, 0.2) is 0 Å². The predicted octanol–water partition coefficient (Wildman–Crippen LogP) is 9.57. The number of unbranched alkanes of at least 4 members (excludes halogenated alkanes) is 14. The molecule has 0 N–H and O–H groups in total. The van der Waals surface area contributed by atoms with E-state index in [9.17, 15) is 9.13 Å². The lowest BCUT2D eigenvalue weighted by Crippen LogP contribution is -2.53. The Hall–Kier alpha value is -0.400. The molecule has 184 valence electrons. The van der Waals surface area contributed by atoms with Crippen molar-refractivity contribution in [2.75, 3.05) is 21.1 Å². The van der Waals surface area contributed by atoms with Crippen LogP contribution in [0.5, 0.6) is 0 Å². The fraction of sp³-hybridized carbons (Fsp3) is 0.926. The number of rotatable bonds is 22. The lowest BCUT2D eigenvalue weighted by atomic mass is 9.99. The smallest absolute Gasteiger partial charge is 0.314 e. The Balaban J connectivity index is 3.70. The highest BCUT2D eigenvalue weighted by Gasteiger charge is 2.47. The van der Waals surface area contributed by atoms with Gasteiger partial charge in [0, 0.05) is 12.8 Å². The SMILES string of the molecule is CCCCCCCCCCCC=CCCCCCCCC(CCC)(P(=O)=O)[N+](C)(C)C. The Labute approximate surface area is 195 Å². The van der Waals surface area contributed by atoms with E-state index in [1.165, 1.54) is 89.9 Å². The molecule has 0 aliphatic heterocycles. The van der Waals surface area contributed by atoms with Crippen molar-refractivity contribution in [3.63, 3.8) is 0 Å². The molecular formula is C27H55NO2P+. The van der Waals surface area contributed by atoms with Crippen molar-refractivity contribution in [2.24, 2.45) is 0 Å². The summed E-state index contributed by atoms with van der Waals surface area (Å²) in [5.74, 6) is 0. The Kier molecular flexibility index (Phi) is 18.9. The van der Waals surface area contributed by atoms with E-state index >= 15 is 0 Å². The van der Waals surface area contributed by atoms with E-state index in [1.807, 2.05) is 21.1 Å². The topological polar surface area (TPSA) is 34.1 Å². The summed E-state index contributed by atoms with van der Waals surface area (Å²) < 4.78 is 24.7. The van der Waals surface area contributed by atoms with Gasteiger partial charge in [-0.15, -0.1) is 0 Å². The summed E-state index contributed by atoms with van der Waals surface area (Å²) in [6.07, 6.45) is 28.2. The van der Waals surface area contributed by atoms with Gasteiger partial charge in [-0.05, 0) is 38.5 Å². The van der Waals surface area contributed by atoms with Crippen LogP contribution in [-0.2, 0) is 9.13 Å². The van der Waals surface area contributed by atoms with Crippen molar-refractivity contribution in [1.29, 1.82) is 0 Å². The van der Waals surface area contributed by atoms with Crippen LogP contribution in [0.4, 0.5) is 0 Å². The number of allylic oxidation sites excluding steroid dienone is 2. The van der Waals surface area contributed by atoms with E-state index < -0.39 is 13.0 Å². The first-order valence-electron chi connectivity index (χ1n) is 13.4. The minimum atomic E-state index is -2.42. The zero-order chi connectivity index (χ0) is 23.4. The van der Waals surface area contributed by atoms with Crippen molar-refractivity contribution in [3.05, 3.63) is 12.2 Å². The van der Waals surface area contributed by atoms with Crippen molar-refractivity contribution >= 4 is 7.68 Å². The fourth-order valence-corrected chi connectivity index (χ4v) is 5.87. The molecule has 0 spiro atoms. The third kappa shape index (κ3) is 14.4. The Morgan fingerprint density at radius 1 is 0.581 bits per heavy atom. The molecule has 0 aliphatic rings. The normalized spacial score (nSPS) is 14.2. The molecule has 0 fully saturated rings. The standard InChI is InChI=1S/C27H55NO2P/c1-6-8-9-10-11-12-13-14-15-16-17-18-19-20-21-22-23-24-26-27(25-7-2,31(29)30)28(3,4)5/h17-18H,6-16,19-26H2,1-5H3/q+1. The molecule has 0 aromatic rings. The molecule has 0 rings (SSSR count). The number of quaternary nitrogens is 1. The molecule has 1 atom stereocenters. The maximum Gasteiger partial charge on any atom is 0.378 e. The molecule has 1 unspecified atom stereocenters. The lowest BCUT2D eigenvalue weighted by Gasteiger charge is -2.41. The monoisotopic (exact) mass is 456 g/mol. The van der Waals surface area contributed by atoms with Crippen LogP contribution in [0, 0.1) is 0 Å². The second-order valence-electron chi connectivity index (χ2n) is 10.4. The van der Waals surface area contributed by atoms with Crippen LogP contribution < -0.4 is 0 Å². The largest absolute Gasteiger partial charge is 0.378 e. The second-order valence-corrected chi connectivity index (χ2v) is 11.7. The summed E-state index contributed by atoms with van der Waals surface area (Å²) in [7, 11) is 3.66. The lowest BCUT2D eigenvalue weighted by molar-refractivity contribution is -0.908. The quantitative estimate of drug-likeness (QED) is 0.0703. The molecule has 3 nitrogen and oxygen atoms in total. The molecule has 0 saturated heterocycles. The predicted molar refractivity (Wildman–Crippen MR) is 137 cm³/mol. The van der Waals surface area contributed by atoms with Crippen molar-refractivity contribution in [1.82, 2.24) is 0 Å². The maximum atomic E-state index is 12.1. The zero-order valence-corrected chi connectivity index (χ0v) is 22.7. The van der Waals surface area contributed by atoms with Gasteiger partial charge in [0.2, 0.25) is 5.28 Å². The molecule has 0 aromatic heterocycles. The van der Waals surface area contributed by atoms with Gasteiger partial charge in [-0.3, -0.25) is 0 Å². The van der Waals surface area contributed by atoms with Gasteiger partial charge in [0.1, 0.15) is 0 Å². The summed E-state index contributed by atoms with van der Waals surface area (Å²) in [6, 6.07) is 0. The van der Waals surface area contributed by atoms with Crippen LogP contribution in [-0.4, -0.2) is 30.9 Å². The number of hydrogen-bond acceptors (Lipinski definition) is 2. The minimum Gasteiger partial charge on any atom is -0.314 e. The van der Waals surface area contributed by atoms with E-state index in [0.29, 0.717) is 4.48 Å². The van der Waals surface area contributed by atoms with Crippen LogP contribution in [0.1, 0.15) is 136 Å². The summed E-state index contributed by atoms with van der Waals surface area (Å²) in [5.41, 5.74) is 0. The van der Waals surface area contributed by atoms with Gasteiger partial charge in [0.05, 0.1) is 21.1 Å². The van der Waals surface area contributed by atoms with Gasteiger partial charge in [-0.2, -0.15) is 0 Å². The highest BCUT2D eigenvalue weighted by atomic mass is 31.1. The average molecular weight is 457 g/mol. The van der Waals surface area contributed by atoms with Gasteiger partial charge in [-0.25, -0.2) is 9.13 Å². The van der Waals surface area contributed by atoms with E-state index in [0.717, 1.165) is 32.1 Å². The Bertz CT molecular complexity index is 500. The molecule has 4 heteroatoms.